The van der Waals surface area contributed by atoms with E-state index in [1.165, 1.54) is 6.20 Å². The highest BCUT2D eigenvalue weighted by molar-refractivity contribution is 5.93. The molecule has 20 heavy (non-hydrogen) atoms. The summed E-state index contributed by atoms with van der Waals surface area (Å²) in [5.74, 6) is -0.586. The maximum Gasteiger partial charge on any atom is 0.343 e. The zero-order chi connectivity index (χ0) is 14.9. The van der Waals surface area contributed by atoms with Crippen molar-refractivity contribution in [1.82, 2.24) is 4.98 Å². The summed E-state index contributed by atoms with van der Waals surface area (Å²) in [6.07, 6.45) is 1.42. The number of carbonyl (C=O) groups is 1. The van der Waals surface area contributed by atoms with Crippen molar-refractivity contribution in [3.8, 4) is 0 Å². The Morgan fingerprint density at radius 1 is 1.30 bits per heavy atom. The van der Waals surface area contributed by atoms with E-state index in [4.69, 9.17) is 4.74 Å². The highest BCUT2D eigenvalue weighted by atomic mass is 16.5. The molecule has 2 rings (SSSR count). The van der Waals surface area contributed by atoms with Crippen molar-refractivity contribution < 1.29 is 9.53 Å². The minimum Gasteiger partial charge on any atom is -0.462 e. The Hall–Kier alpha value is -2.10. The Kier molecular flexibility index (Phi) is 3.66. The zero-order valence-corrected chi connectivity index (χ0v) is 12.2. The molecule has 0 aliphatic carbocycles. The van der Waals surface area contributed by atoms with E-state index in [0.717, 1.165) is 11.1 Å². The van der Waals surface area contributed by atoms with Gasteiger partial charge in [0.1, 0.15) is 5.56 Å². The van der Waals surface area contributed by atoms with Gasteiger partial charge in [-0.2, -0.15) is 0 Å². The molecule has 106 valence electrons. The van der Waals surface area contributed by atoms with Crippen molar-refractivity contribution in [2.24, 2.45) is 0 Å². The van der Waals surface area contributed by atoms with E-state index in [1.54, 1.807) is 6.92 Å². The topological polar surface area (TPSA) is 59.2 Å². The van der Waals surface area contributed by atoms with E-state index >= 15 is 0 Å². The number of pyridine rings is 1. The Morgan fingerprint density at radius 2 is 2.00 bits per heavy atom. The van der Waals surface area contributed by atoms with Gasteiger partial charge in [0, 0.05) is 17.1 Å². The molecule has 0 atom stereocenters. The van der Waals surface area contributed by atoms with Crippen molar-refractivity contribution in [2.75, 3.05) is 6.61 Å². The highest BCUT2D eigenvalue weighted by Gasteiger charge is 2.17. The highest BCUT2D eigenvalue weighted by Crippen LogP contribution is 2.24. The van der Waals surface area contributed by atoms with E-state index in [0.29, 0.717) is 5.39 Å². The van der Waals surface area contributed by atoms with Gasteiger partial charge in [0.2, 0.25) is 5.43 Å². The fourth-order valence-electron chi connectivity index (χ4n) is 2.05. The third kappa shape index (κ3) is 2.59. The second-order valence-corrected chi connectivity index (χ2v) is 5.76. The molecule has 0 bridgehead atoms. The minimum atomic E-state index is -0.586. The number of rotatable bonds is 2. The Labute approximate surface area is 117 Å². The van der Waals surface area contributed by atoms with Crippen LogP contribution in [0.4, 0.5) is 0 Å². The number of carbonyl (C=O) groups excluding carboxylic acids is 1. The predicted molar refractivity (Wildman–Crippen MR) is 79.2 cm³/mol. The maximum absolute atomic E-state index is 12.4. The number of aromatic amines is 1. The number of benzene rings is 1. The van der Waals surface area contributed by atoms with Gasteiger partial charge >= 0.3 is 5.97 Å². The van der Waals surface area contributed by atoms with Crippen molar-refractivity contribution in [3.63, 3.8) is 0 Å². The molecule has 0 aliphatic rings. The van der Waals surface area contributed by atoms with Crippen LogP contribution in [0.1, 0.15) is 43.6 Å². The first-order chi connectivity index (χ1) is 9.34. The Morgan fingerprint density at radius 3 is 2.60 bits per heavy atom. The lowest BCUT2D eigenvalue weighted by Gasteiger charge is -2.19. The van der Waals surface area contributed by atoms with Gasteiger partial charge in [-0.15, -0.1) is 0 Å². The zero-order valence-electron chi connectivity index (χ0n) is 12.2. The fraction of sp³-hybridized carbons (Fsp3) is 0.375. The second kappa shape index (κ2) is 5.12. The van der Waals surface area contributed by atoms with E-state index in [9.17, 15) is 9.59 Å². The van der Waals surface area contributed by atoms with Gasteiger partial charge in [-0.1, -0.05) is 26.8 Å². The summed E-state index contributed by atoms with van der Waals surface area (Å²) >= 11 is 0. The van der Waals surface area contributed by atoms with Crippen LogP contribution in [0.25, 0.3) is 10.9 Å². The van der Waals surface area contributed by atoms with Crippen LogP contribution in [-0.2, 0) is 10.2 Å². The van der Waals surface area contributed by atoms with Gasteiger partial charge in [-0.25, -0.2) is 4.79 Å². The summed E-state index contributed by atoms with van der Waals surface area (Å²) < 4.78 is 4.90. The summed E-state index contributed by atoms with van der Waals surface area (Å²) in [6.45, 7) is 8.20. The average Bonchev–Trinajstić information content (AvgIpc) is 2.38. The lowest BCUT2D eigenvalue weighted by atomic mass is 9.86. The number of hydrogen-bond donors (Lipinski definition) is 1. The van der Waals surface area contributed by atoms with E-state index in [1.807, 2.05) is 18.2 Å². The molecule has 0 saturated heterocycles. The van der Waals surface area contributed by atoms with Gasteiger partial charge in [-0.05, 0) is 30.0 Å². The van der Waals surface area contributed by atoms with Crippen LogP contribution >= 0.6 is 0 Å². The predicted octanol–water partition coefficient (Wildman–Crippen LogP) is 3.00. The van der Waals surface area contributed by atoms with Gasteiger partial charge in [0.25, 0.3) is 0 Å². The van der Waals surface area contributed by atoms with Crippen LogP contribution in [0.2, 0.25) is 0 Å². The monoisotopic (exact) mass is 273 g/mol. The third-order valence-corrected chi connectivity index (χ3v) is 3.24. The average molecular weight is 273 g/mol. The summed E-state index contributed by atoms with van der Waals surface area (Å²) in [4.78, 5) is 27.1. The summed E-state index contributed by atoms with van der Waals surface area (Å²) in [6, 6.07) is 5.70. The van der Waals surface area contributed by atoms with Gasteiger partial charge < -0.3 is 9.72 Å². The molecule has 4 heteroatoms. The molecule has 2 aromatic rings. The molecular weight excluding hydrogens is 254 g/mol. The number of ether oxygens (including phenoxy) is 1. The molecule has 0 spiro atoms. The fourth-order valence-corrected chi connectivity index (χ4v) is 2.05. The standard InChI is InChI=1S/C16H19NO3/c1-5-20-15(19)12-9-17-13-7-6-10(16(2,3)4)8-11(13)14(12)18/h6-9H,5H2,1-4H3,(H,17,18). The molecule has 0 aliphatic heterocycles. The Balaban J connectivity index is 2.65. The lowest BCUT2D eigenvalue weighted by Crippen LogP contribution is -2.19. The first-order valence-electron chi connectivity index (χ1n) is 6.67. The Bertz CT molecular complexity index is 708. The molecule has 0 amide bonds. The maximum atomic E-state index is 12.4. The van der Waals surface area contributed by atoms with Crippen LogP contribution in [0.3, 0.4) is 0 Å². The van der Waals surface area contributed by atoms with E-state index < -0.39 is 5.97 Å². The van der Waals surface area contributed by atoms with Crippen molar-refractivity contribution in [3.05, 3.63) is 45.7 Å². The van der Waals surface area contributed by atoms with Crippen LogP contribution in [0, 0.1) is 0 Å². The van der Waals surface area contributed by atoms with E-state index in [2.05, 4.69) is 25.8 Å². The van der Waals surface area contributed by atoms with Crippen molar-refractivity contribution in [2.45, 2.75) is 33.1 Å². The van der Waals surface area contributed by atoms with Crippen LogP contribution < -0.4 is 5.43 Å². The quantitative estimate of drug-likeness (QED) is 0.856. The first-order valence-corrected chi connectivity index (χ1v) is 6.67. The largest absolute Gasteiger partial charge is 0.462 e. The van der Waals surface area contributed by atoms with E-state index in [-0.39, 0.29) is 23.0 Å². The minimum absolute atomic E-state index is 0.0467. The van der Waals surface area contributed by atoms with Crippen LogP contribution in [0.15, 0.2) is 29.2 Å². The molecule has 0 fully saturated rings. The van der Waals surface area contributed by atoms with Crippen molar-refractivity contribution in [1.29, 1.82) is 0 Å². The number of hydrogen-bond acceptors (Lipinski definition) is 3. The summed E-state index contributed by atoms with van der Waals surface area (Å²) in [5.41, 5.74) is 1.47. The third-order valence-electron chi connectivity index (χ3n) is 3.24. The number of esters is 1. The number of H-pyrrole nitrogens is 1. The number of aromatic nitrogens is 1. The first kappa shape index (κ1) is 14.3. The normalized spacial score (nSPS) is 11.6. The van der Waals surface area contributed by atoms with Crippen molar-refractivity contribution >= 4 is 16.9 Å². The molecule has 0 saturated carbocycles. The van der Waals surface area contributed by atoms with Gasteiger partial charge in [-0.3, -0.25) is 4.79 Å². The van der Waals surface area contributed by atoms with Gasteiger partial charge in [0.15, 0.2) is 0 Å². The lowest BCUT2D eigenvalue weighted by molar-refractivity contribution is 0.0524. The molecule has 0 radical (unpaired) electrons. The summed E-state index contributed by atoms with van der Waals surface area (Å²) in [5, 5.41) is 0.517. The number of nitrogens with one attached hydrogen (secondary N) is 1. The summed E-state index contributed by atoms with van der Waals surface area (Å²) in [7, 11) is 0. The second-order valence-electron chi connectivity index (χ2n) is 5.76. The molecule has 1 aromatic carbocycles. The molecule has 1 aromatic heterocycles. The van der Waals surface area contributed by atoms with Crippen LogP contribution in [0.5, 0.6) is 0 Å². The van der Waals surface area contributed by atoms with Gasteiger partial charge in [0.05, 0.1) is 6.61 Å². The molecule has 4 nitrogen and oxygen atoms in total. The SMILES string of the molecule is CCOC(=O)c1c[nH]c2ccc(C(C)(C)C)cc2c1=O. The van der Waals surface area contributed by atoms with Crippen LogP contribution in [-0.4, -0.2) is 17.6 Å². The molecular formula is C16H19NO3. The molecule has 1 heterocycles. The smallest absolute Gasteiger partial charge is 0.343 e. The number of fused-ring (bicyclic) bond motifs is 1. The molecule has 1 N–H and O–H groups in total. The molecule has 0 unspecified atom stereocenters.